The Bertz CT molecular complexity index is 753. The van der Waals surface area contributed by atoms with Gasteiger partial charge in [0, 0.05) is 25.6 Å². The first kappa shape index (κ1) is 18.1. The van der Waals surface area contributed by atoms with Crippen LogP contribution in [0.15, 0.2) is 27.2 Å². The largest absolute Gasteiger partial charge is 0.468 e. The van der Waals surface area contributed by atoms with Crippen molar-refractivity contribution in [3.05, 3.63) is 35.7 Å². The molecule has 1 atom stereocenters. The van der Waals surface area contributed by atoms with Gasteiger partial charge >= 0.3 is 0 Å². The second kappa shape index (κ2) is 8.59. The first-order chi connectivity index (χ1) is 13.3. The Balaban J connectivity index is 1.48. The van der Waals surface area contributed by atoms with Crippen LogP contribution >= 0.6 is 0 Å². The van der Waals surface area contributed by atoms with Crippen molar-refractivity contribution >= 4 is 5.88 Å². The summed E-state index contributed by atoms with van der Waals surface area (Å²) in [6.07, 6.45) is 7.56. The number of furan rings is 1. The lowest BCUT2D eigenvalue weighted by Gasteiger charge is -2.33. The van der Waals surface area contributed by atoms with Crippen molar-refractivity contribution < 1.29 is 13.6 Å². The van der Waals surface area contributed by atoms with Crippen molar-refractivity contribution in [2.24, 2.45) is 0 Å². The van der Waals surface area contributed by atoms with Gasteiger partial charge in [0.15, 0.2) is 0 Å². The van der Waals surface area contributed by atoms with E-state index < -0.39 is 0 Å². The van der Waals surface area contributed by atoms with E-state index in [1.165, 1.54) is 19.3 Å². The van der Waals surface area contributed by atoms with E-state index in [9.17, 15) is 5.26 Å². The molecule has 2 fully saturated rings. The highest BCUT2D eigenvalue weighted by atomic mass is 16.5. The summed E-state index contributed by atoms with van der Waals surface area (Å²) in [5, 5.41) is 12.8. The maximum atomic E-state index is 9.47. The van der Waals surface area contributed by atoms with Crippen LogP contribution in [0.5, 0.6) is 0 Å². The summed E-state index contributed by atoms with van der Waals surface area (Å²) in [6, 6.07) is 6.11. The van der Waals surface area contributed by atoms with Gasteiger partial charge in [-0.3, -0.25) is 4.90 Å². The predicted octanol–water partition coefficient (Wildman–Crippen LogP) is 3.67. The number of anilines is 1. The molecule has 0 aromatic carbocycles. The molecule has 0 radical (unpaired) electrons. The minimum atomic E-state index is 0.0543. The van der Waals surface area contributed by atoms with Crippen molar-refractivity contribution in [3.63, 3.8) is 0 Å². The Morgan fingerprint density at radius 1 is 1.26 bits per heavy atom. The highest BCUT2D eigenvalue weighted by Gasteiger charge is 2.27. The molecule has 0 amide bonds. The van der Waals surface area contributed by atoms with E-state index in [0.717, 1.165) is 44.9 Å². The van der Waals surface area contributed by atoms with Gasteiger partial charge in [-0.2, -0.15) is 5.26 Å². The molecule has 2 aliphatic rings. The van der Waals surface area contributed by atoms with Crippen molar-refractivity contribution in [2.75, 3.05) is 38.2 Å². The second-order valence-corrected chi connectivity index (χ2v) is 7.24. The van der Waals surface area contributed by atoms with Crippen LogP contribution in [0.3, 0.4) is 0 Å². The normalized spacial score (nSPS) is 20.3. The zero-order valence-corrected chi connectivity index (χ0v) is 15.5. The molecule has 7 heteroatoms. The average Bonchev–Trinajstić information content (AvgIpc) is 3.40. The molecule has 2 aromatic heterocycles. The number of rotatable bonds is 6. The lowest BCUT2D eigenvalue weighted by atomic mass is 9.89. The Labute approximate surface area is 159 Å². The number of hydrogen-bond donors (Lipinski definition) is 1. The van der Waals surface area contributed by atoms with Gasteiger partial charge in [-0.1, -0.05) is 19.3 Å². The summed E-state index contributed by atoms with van der Waals surface area (Å²) in [5.74, 6) is 2.41. The van der Waals surface area contributed by atoms with E-state index >= 15 is 0 Å². The summed E-state index contributed by atoms with van der Waals surface area (Å²) in [4.78, 5) is 6.79. The van der Waals surface area contributed by atoms with Gasteiger partial charge in [0.05, 0.1) is 25.5 Å². The Morgan fingerprint density at radius 3 is 2.78 bits per heavy atom. The van der Waals surface area contributed by atoms with Crippen LogP contribution in [0.1, 0.15) is 61.4 Å². The molecule has 1 N–H and O–H groups in total. The zero-order chi connectivity index (χ0) is 18.5. The molecule has 2 aromatic rings. The van der Waals surface area contributed by atoms with E-state index in [4.69, 9.17) is 13.6 Å². The number of ether oxygens (including phenoxy) is 1. The molecule has 1 aliphatic carbocycles. The van der Waals surface area contributed by atoms with E-state index in [2.05, 4.69) is 21.3 Å². The van der Waals surface area contributed by atoms with E-state index in [-0.39, 0.29) is 6.04 Å². The zero-order valence-electron chi connectivity index (χ0n) is 15.5. The Morgan fingerprint density at radius 2 is 2.07 bits per heavy atom. The molecule has 4 rings (SSSR count). The van der Waals surface area contributed by atoms with Gasteiger partial charge in [0.2, 0.25) is 17.5 Å². The monoisotopic (exact) mass is 370 g/mol. The molecule has 1 saturated heterocycles. The summed E-state index contributed by atoms with van der Waals surface area (Å²) in [6.45, 7) is 3.72. The third-order valence-electron chi connectivity index (χ3n) is 5.52. The van der Waals surface area contributed by atoms with Crippen molar-refractivity contribution in [3.8, 4) is 6.07 Å². The number of nitriles is 1. The number of oxazole rings is 1. The number of aromatic nitrogens is 1. The van der Waals surface area contributed by atoms with Gasteiger partial charge in [0.25, 0.3) is 0 Å². The van der Waals surface area contributed by atoms with Gasteiger partial charge in [-0.25, -0.2) is 4.98 Å². The van der Waals surface area contributed by atoms with Crippen LogP contribution in [0.25, 0.3) is 0 Å². The summed E-state index contributed by atoms with van der Waals surface area (Å²) >= 11 is 0. The Kier molecular flexibility index (Phi) is 5.75. The summed E-state index contributed by atoms with van der Waals surface area (Å²) < 4.78 is 17.1. The molecule has 1 saturated carbocycles. The fraction of sp³-hybridized carbons (Fsp3) is 0.600. The minimum Gasteiger partial charge on any atom is -0.468 e. The van der Waals surface area contributed by atoms with Crippen LogP contribution < -0.4 is 5.32 Å². The van der Waals surface area contributed by atoms with Gasteiger partial charge in [0.1, 0.15) is 11.8 Å². The fourth-order valence-electron chi connectivity index (χ4n) is 4.03. The topological polar surface area (TPSA) is 87.5 Å². The average molecular weight is 370 g/mol. The molecular weight excluding hydrogens is 344 g/mol. The molecular formula is C20H26N4O3. The number of morpholine rings is 1. The lowest BCUT2D eigenvalue weighted by molar-refractivity contribution is 0.0144. The maximum Gasteiger partial charge on any atom is 0.232 e. The number of nitrogens with zero attached hydrogens (tertiary/aromatic N) is 3. The molecule has 144 valence electrons. The molecule has 1 unspecified atom stereocenters. The van der Waals surface area contributed by atoms with Crippen molar-refractivity contribution in [1.29, 1.82) is 5.26 Å². The smallest absolute Gasteiger partial charge is 0.232 e. The Hall–Kier alpha value is -2.30. The van der Waals surface area contributed by atoms with Crippen LogP contribution in [0.2, 0.25) is 0 Å². The van der Waals surface area contributed by atoms with Gasteiger partial charge in [-0.15, -0.1) is 0 Å². The van der Waals surface area contributed by atoms with Gasteiger partial charge < -0.3 is 18.9 Å². The molecule has 0 bridgehead atoms. The molecule has 0 spiro atoms. The molecule has 3 heterocycles. The second-order valence-electron chi connectivity index (χ2n) is 7.24. The minimum absolute atomic E-state index is 0.0543. The lowest BCUT2D eigenvalue weighted by Crippen LogP contribution is -2.41. The molecule has 7 nitrogen and oxygen atoms in total. The van der Waals surface area contributed by atoms with Crippen LogP contribution in [0.4, 0.5) is 5.88 Å². The summed E-state index contributed by atoms with van der Waals surface area (Å²) in [5.41, 5.74) is 0.343. The van der Waals surface area contributed by atoms with Gasteiger partial charge in [-0.05, 0) is 25.0 Å². The summed E-state index contributed by atoms with van der Waals surface area (Å²) in [7, 11) is 0. The van der Waals surface area contributed by atoms with Crippen molar-refractivity contribution in [1.82, 2.24) is 9.88 Å². The first-order valence-corrected chi connectivity index (χ1v) is 9.85. The van der Waals surface area contributed by atoms with E-state index in [1.54, 1.807) is 6.26 Å². The standard InChI is InChI=1S/C20H26N4O3/c21-13-16-20(27-19(23-16)15-5-2-1-3-6-15)22-14-17(18-7-4-10-26-18)24-8-11-25-12-9-24/h4,7,10,15,17,22H,1-3,5-6,8-9,11-12,14H2. The third kappa shape index (κ3) is 4.18. The fourth-order valence-corrected chi connectivity index (χ4v) is 4.03. The van der Waals surface area contributed by atoms with Crippen LogP contribution in [-0.2, 0) is 4.74 Å². The predicted molar refractivity (Wildman–Crippen MR) is 99.4 cm³/mol. The van der Waals surface area contributed by atoms with E-state index in [0.29, 0.717) is 29.9 Å². The van der Waals surface area contributed by atoms with E-state index in [1.807, 2.05) is 12.1 Å². The highest BCUT2D eigenvalue weighted by Crippen LogP contribution is 2.34. The van der Waals surface area contributed by atoms with Crippen molar-refractivity contribution in [2.45, 2.75) is 44.1 Å². The molecule has 1 aliphatic heterocycles. The maximum absolute atomic E-state index is 9.47. The SMILES string of the molecule is N#Cc1nc(C2CCCCC2)oc1NCC(c1ccco1)N1CCOCC1. The number of hydrogen-bond acceptors (Lipinski definition) is 7. The highest BCUT2D eigenvalue weighted by molar-refractivity contribution is 5.45. The third-order valence-corrected chi connectivity index (χ3v) is 5.52. The number of nitrogens with one attached hydrogen (secondary N) is 1. The quantitative estimate of drug-likeness (QED) is 0.830. The first-order valence-electron chi connectivity index (χ1n) is 9.85. The van der Waals surface area contributed by atoms with Crippen LogP contribution in [0, 0.1) is 11.3 Å². The van der Waals surface area contributed by atoms with Crippen LogP contribution in [-0.4, -0.2) is 42.7 Å². The molecule has 27 heavy (non-hydrogen) atoms.